The number of amides is 2. The van der Waals surface area contributed by atoms with Crippen molar-refractivity contribution in [2.75, 3.05) is 18.4 Å². The van der Waals surface area contributed by atoms with E-state index in [0.717, 1.165) is 31.6 Å². The van der Waals surface area contributed by atoms with Crippen molar-refractivity contribution in [2.45, 2.75) is 51.9 Å². The number of anilines is 1. The summed E-state index contributed by atoms with van der Waals surface area (Å²) in [4.78, 5) is 18.6. The largest absolute Gasteiger partial charge is 0.324 e. The van der Waals surface area contributed by atoms with Crippen LogP contribution in [0.25, 0.3) is 0 Å². The van der Waals surface area contributed by atoms with Gasteiger partial charge >= 0.3 is 6.03 Å². The van der Waals surface area contributed by atoms with E-state index in [9.17, 15) is 4.79 Å². The van der Waals surface area contributed by atoms with Crippen molar-refractivity contribution in [1.82, 2.24) is 9.88 Å². The van der Waals surface area contributed by atoms with E-state index in [1.54, 1.807) is 0 Å². The number of carbonyl (C=O) groups is 1. The number of rotatable bonds is 1. The molecule has 0 radical (unpaired) electrons. The summed E-state index contributed by atoms with van der Waals surface area (Å²) in [6.45, 7) is 8.11. The number of thiazole rings is 1. The first-order chi connectivity index (χ1) is 8.97. The molecule has 1 aromatic rings. The van der Waals surface area contributed by atoms with Crippen molar-refractivity contribution in [3.8, 4) is 0 Å². The maximum absolute atomic E-state index is 12.2. The quantitative estimate of drug-likeness (QED) is 0.850. The van der Waals surface area contributed by atoms with Gasteiger partial charge in [-0.2, -0.15) is 0 Å². The van der Waals surface area contributed by atoms with Gasteiger partial charge in [0.15, 0.2) is 5.13 Å². The van der Waals surface area contributed by atoms with E-state index in [1.165, 1.54) is 24.2 Å². The Kier molecular flexibility index (Phi) is 4.45. The molecule has 2 rings (SSSR count). The molecule has 4 nitrogen and oxygen atoms in total. The third-order valence-electron chi connectivity index (χ3n) is 3.38. The number of hydrogen-bond donors (Lipinski definition) is 1. The minimum Gasteiger partial charge on any atom is -0.324 e. The van der Waals surface area contributed by atoms with Gasteiger partial charge in [0, 0.05) is 23.9 Å². The van der Waals surface area contributed by atoms with Crippen LogP contribution in [0.2, 0.25) is 0 Å². The third-order valence-corrected chi connectivity index (χ3v) is 4.14. The molecule has 0 bridgehead atoms. The Labute approximate surface area is 119 Å². The van der Waals surface area contributed by atoms with E-state index in [4.69, 9.17) is 0 Å². The van der Waals surface area contributed by atoms with Crippen molar-refractivity contribution in [3.05, 3.63) is 11.1 Å². The normalized spacial score (nSPS) is 17.1. The van der Waals surface area contributed by atoms with Crippen LogP contribution in [0.4, 0.5) is 9.93 Å². The van der Waals surface area contributed by atoms with Crippen molar-refractivity contribution >= 4 is 22.5 Å². The number of nitrogens with zero attached hydrogens (tertiary/aromatic N) is 2. The zero-order chi connectivity index (χ0) is 13.9. The summed E-state index contributed by atoms with van der Waals surface area (Å²) in [5.74, 6) is 0. The maximum atomic E-state index is 12.2. The monoisotopic (exact) mass is 281 g/mol. The summed E-state index contributed by atoms with van der Waals surface area (Å²) in [5.41, 5.74) is 1.06. The zero-order valence-electron chi connectivity index (χ0n) is 12.0. The van der Waals surface area contributed by atoms with E-state index in [1.807, 2.05) is 10.3 Å². The predicted molar refractivity (Wildman–Crippen MR) is 79.9 cm³/mol. The number of nitrogens with one attached hydrogen (secondary N) is 1. The smallest absolute Gasteiger partial charge is 0.323 e. The second-order valence-electron chi connectivity index (χ2n) is 6.12. The second-order valence-corrected chi connectivity index (χ2v) is 6.98. The van der Waals surface area contributed by atoms with Gasteiger partial charge in [-0.3, -0.25) is 5.32 Å². The molecule has 1 aliphatic heterocycles. The van der Waals surface area contributed by atoms with E-state index in [0.29, 0.717) is 5.13 Å². The van der Waals surface area contributed by atoms with E-state index < -0.39 is 0 Å². The van der Waals surface area contributed by atoms with Gasteiger partial charge in [0.1, 0.15) is 0 Å². The summed E-state index contributed by atoms with van der Waals surface area (Å²) < 4.78 is 0. The number of urea groups is 1. The first-order valence-corrected chi connectivity index (χ1v) is 7.87. The van der Waals surface area contributed by atoms with Crippen molar-refractivity contribution in [2.24, 2.45) is 0 Å². The van der Waals surface area contributed by atoms with Gasteiger partial charge in [-0.25, -0.2) is 9.78 Å². The minimum atomic E-state index is -0.00305. The van der Waals surface area contributed by atoms with Crippen LogP contribution in [0, 0.1) is 0 Å². The molecule has 5 heteroatoms. The summed E-state index contributed by atoms with van der Waals surface area (Å²) in [7, 11) is 0. The number of aromatic nitrogens is 1. The molecule has 106 valence electrons. The second kappa shape index (κ2) is 5.90. The molecule has 19 heavy (non-hydrogen) atoms. The van der Waals surface area contributed by atoms with Crippen molar-refractivity contribution in [1.29, 1.82) is 0 Å². The van der Waals surface area contributed by atoms with Gasteiger partial charge in [-0.15, -0.1) is 11.3 Å². The molecule has 1 N–H and O–H groups in total. The van der Waals surface area contributed by atoms with Crippen LogP contribution in [0.3, 0.4) is 0 Å². The Bertz CT molecular complexity index is 428. The van der Waals surface area contributed by atoms with Crippen LogP contribution >= 0.6 is 11.3 Å². The average molecular weight is 281 g/mol. The van der Waals surface area contributed by atoms with Gasteiger partial charge in [0.2, 0.25) is 0 Å². The standard InChI is InChI=1S/C14H23N3OS/c1-14(2,3)11-10-19-12(15-11)16-13(18)17-8-6-4-5-7-9-17/h10H,4-9H2,1-3H3,(H,15,16,18). The predicted octanol–water partition coefficient (Wildman–Crippen LogP) is 3.85. The average Bonchev–Trinajstić information content (AvgIpc) is 2.63. The molecular weight excluding hydrogens is 258 g/mol. The molecule has 0 saturated carbocycles. The fraction of sp³-hybridized carbons (Fsp3) is 0.714. The molecule has 2 heterocycles. The SMILES string of the molecule is CC(C)(C)c1csc(NC(=O)N2CCCCCC2)n1. The van der Waals surface area contributed by atoms with Crippen LogP contribution in [0.1, 0.15) is 52.1 Å². The molecule has 0 unspecified atom stereocenters. The van der Waals surface area contributed by atoms with E-state index in [2.05, 4.69) is 31.1 Å². The summed E-state index contributed by atoms with van der Waals surface area (Å²) in [6.07, 6.45) is 4.68. The lowest BCUT2D eigenvalue weighted by molar-refractivity contribution is 0.213. The van der Waals surface area contributed by atoms with Crippen LogP contribution < -0.4 is 5.32 Å². The fourth-order valence-electron chi connectivity index (χ4n) is 2.12. The van der Waals surface area contributed by atoms with Gasteiger partial charge in [0.25, 0.3) is 0 Å². The maximum Gasteiger partial charge on any atom is 0.323 e. The molecule has 0 atom stereocenters. The molecule has 1 saturated heterocycles. The third kappa shape index (κ3) is 3.93. The molecule has 1 aromatic heterocycles. The Balaban J connectivity index is 1.96. The highest BCUT2D eigenvalue weighted by molar-refractivity contribution is 7.13. The minimum absolute atomic E-state index is 0.00305. The topological polar surface area (TPSA) is 45.2 Å². The molecule has 0 spiro atoms. The molecule has 2 amide bonds. The Morgan fingerprint density at radius 2 is 1.89 bits per heavy atom. The molecule has 0 aliphatic carbocycles. The highest BCUT2D eigenvalue weighted by Crippen LogP contribution is 2.26. The van der Waals surface area contributed by atoms with Crippen LogP contribution in [-0.4, -0.2) is 29.0 Å². The van der Waals surface area contributed by atoms with Crippen molar-refractivity contribution in [3.63, 3.8) is 0 Å². The lowest BCUT2D eigenvalue weighted by Crippen LogP contribution is -2.35. The first-order valence-electron chi connectivity index (χ1n) is 6.99. The number of hydrogen-bond acceptors (Lipinski definition) is 3. The van der Waals surface area contributed by atoms with Crippen LogP contribution in [-0.2, 0) is 5.41 Å². The molecule has 1 aliphatic rings. The summed E-state index contributed by atoms with van der Waals surface area (Å²) in [6, 6.07) is -0.00305. The Morgan fingerprint density at radius 1 is 1.26 bits per heavy atom. The van der Waals surface area contributed by atoms with Crippen LogP contribution in [0.5, 0.6) is 0 Å². The van der Waals surface area contributed by atoms with Gasteiger partial charge in [-0.05, 0) is 12.8 Å². The van der Waals surface area contributed by atoms with E-state index >= 15 is 0 Å². The van der Waals surface area contributed by atoms with Gasteiger partial charge in [0.05, 0.1) is 5.69 Å². The molecule has 0 aromatic carbocycles. The Hall–Kier alpha value is -1.10. The number of likely N-dealkylation sites (tertiary alicyclic amines) is 1. The van der Waals surface area contributed by atoms with Crippen molar-refractivity contribution < 1.29 is 4.79 Å². The van der Waals surface area contributed by atoms with Gasteiger partial charge in [-0.1, -0.05) is 33.6 Å². The van der Waals surface area contributed by atoms with Gasteiger partial charge < -0.3 is 4.90 Å². The van der Waals surface area contributed by atoms with Crippen LogP contribution in [0.15, 0.2) is 5.38 Å². The highest BCUT2D eigenvalue weighted by atomic mass is 32.1. The Morgan fingerprint density at radius 3 is 2.42 bits per heavy atom. The number of carbonyl (C=O) groups excluding carboxylic acids is 1. The summed E-state index contributed by atoms with van der Waals surface area (Å²) >= 11 is 1.50. The zero-order valence-corrected chi connectivity index (χ0v) is 12.8. The summed E-state index contributed by atoms with van der Waals surface area (Å²) in [5, 5.41) is 5.66. The molecular formula is C14H23N3OS. The lowest BCUT2D eigenvalue weighted by atomic mass is 9.93. The lowest BCUT2D eigenvalue weighted by Gasteiger charge is -2.20. The first kappa shape index (κ1) is 14.3. The fourth-order valence-corrected chi connectivity index (χ4v) is 3.05. The molecule has 1 fully saturated rings. The highest BCUT2D eigenvalue weighted by Gasteiger charge is 2.20. The van der Waals surface area contributed by atoms with E-state index in [-0.39, 0.29) is 11.4 Å².